The lowest BCUT2D eigenvalue weighted by Crippen LogP contribution is -2.40. The Morgan fingerprint density at radius 3 is 2.35 bits per heavy atom. The molecule has 0 saturated heterocycles. The van der Waals surface area contributed by atoms with Crippen LogP contribution in [0.1, 0.15) is 6.92 Å². The maximum atomic E-state index is 12.3. The van der Waals surface area contributed by atoms with E-state index in [0.717, 1.165) is 6.92 Å². The van der Waals surface area contributed by atoms with Crippen LogP contribution in [0.5, 0.6) is 11.5 Å². The van der Waals surface area contributed by atoms with E-state index >= 15 is 0 Å². The third kappa shape index (κ3) is 3.94. The Morgan fingerprint density at radius 2 is 1.69 bits per heavy atom. The molecule has 1 atom stereocenters. The Labute approximate surface area is 150 Å². The van der Waals surface area contributed by atoms with Crippen molar-refractivity contribution in [3.05, 3.63) is 48.5 Å². The lowest BCUT2D eigenvalue weighted by atomic mass is 10.2. The van der Waals surface area contributed by atoms with Crippen LogP contribution >= 0.6 is 0 Å². The highest BCUT2D eigenvalue weighted by Crippen LogP contribution is 2.31. The molecule has 0 spiro atoms. The minimum atomic E-state index is -3.92. The molecular formula is C17H16N2O6S. The number of hydrogen-bond acceptors (Lipinski definition) is 6. The summed E-state index contributed by atoms with van der Waals surface area (Å²) < 4.78 is 36.7. The highest BCUT2D eigenvalue weighted by Gasteiger charge is 2.27. The molecule has 0 radical (unpaired) electrons. The summed E-state index contributed by atoms with van der Waals surface area (Å²) >= 11 is 0. The van der Waals surface area contributed by atoms with Crippen molar-refractivity contribution in [2.24, 2.45) is 0 Å². The first-order valence-electron chi connectivity index (χ1n) is 7.68. The van der Waals surface area contributed by atoms with Gasteiger partial charge in [-0.25, -0.2) is 13.1 Å². The highest BCUT2D eigenvalue weighted by atomic mass is 32.2. The summed E-state index contributed by atoms with van der Waals surface area (Å²) in [6, 6.07) is 12.4. The number of rotatable bonds is 4. The first kappa shape index (κ1) is 17.7. The standard InChI is InChI=1S/C17H16N2O6S/c1-11(20)19-26(22,23)13-8-6-12(7-9-13)18-17(21)16-10-24-14-4-2-3-5-15(14)25-16/h2-9,16H,10H2,1H3,(H,18,21)(H,19,20)/t16-/m1/s1. The Bertz CT molecular complexity index is 940. The molecule has 0 unspecified atom stereocenters. The largest absolute Gasteiger partial charge is 0.485 e. The predicted octanol–water partition coefficient (Wildman–Crippen LogP) is 1.29. The molecule has 0 saturated carbocycles. The normalized spacial score (nSPS) is 15.8. The number of anilines is 1. The van der Waals surface area contributed by atoms with Crippen molar-refractivity contribution in [3.8, 4) is 11.5 Å². The molecular weight excluding hydrogens is 360 g/mol. The summed E-state index contributed by atoms with van der Waals surface area (Å²) in [5.74, 6) is -0.0474. The summed E-state index contributed by atoms with van der Waals surface area (Å²) in [4.78, 5) is 23.2. The van der Waals surface area contributed by atoms with E-state index in [-0.39, 0.29) is 11.5 Å². The van der Waals surface area contributed by atoms with Gasteiger partial charge in [0.15, 0.2) is 11.5 Å². The van der Waals surface area contributed by atoms with E-state index in [0.29, 0.717) is 17.2 Å². The number of carbonyl (C=O) groups excluding carboxylic acids is 2. The lowest BCUT2D eigenvalue weighted by molar-refractivity contribution is -0.125. The fourth-order valence-corrected chi connectivity index (χ4v) is 3.33. The second kappa shape index (κ2) is 7.04. The monoisotopic (exact) mass is 376 g/mol. The number of nitrogens with one attached hydrogen (secondary N) is 2. The third-order valence-corrected chi connectivity index (χ3v) is 4.96. The number of ether oxygens (including phenoxy) is 2. The molecule has 9 heteroatoms. The number of amides is 2. The SMILES string of the molecule is CC(=O)NS(=O)(=O)c1ccc(NC(=O)[C@H]2COc3ccccc3O2)cc1. The van der Waals surface area contributed by atoms with Crippen LogP contribution < -0.4 is 19.5 Å². The zero-order chi connectivity index (χ0) is 18.7. The summed E-state index contributed by atoms with van der Waals surface area (Å²) in [5.41, 5.74) is 0.388. The zero-order valence-electron chi connectivity index (χ0n) is 13.8. The molecule has 1 aliphatic rings. The number of carbonyl (C=O) groups is 2. The minimum Gasteiger partial charge on any atom is -0.485 e. The van der Waals surface area contributed by atoms with Crippen LogP contribution in [0.4, 0.5) is 5.69 Å². The van der Waals surface area contributed by atoms with Crippen LogP contribution in [0.2, 0.25) is 0 Å². The number of sulfonamides is 1. The van der Waals surface area contributed by atoms with Crippen LogP contribution in [0.15, 0.2) is 53.4 Å². The van der Waals surface area contributed by atoms with Gasteiger partial charge in [-0.15, -0.1) is 0 Å². The van der Waals surface area contributed by atoms with Crippen LogP contribution in [0.25, 0.3) is 0 Å². The fourth-order valence-electron chi connectivity index (χ4n) is 2.34. The maximum Gasteiger partial charge on any atom is 0.269 e. The van der Waals surface area contributed by atoms with Gasteiger partial charge in [0.25, 0.3) is 15.9 Å². The van der Waals surface area contributed by atoms with Gasteiger partial charge in [0.05, 0.1) is 4.90 Å². The quantitative estimate of drug-likeness (QED) is 0.832. The summed E-state index contributed by atoms with van der Waals surface area (Å²) in [5, 5.41) is 2.64. The first-order valence-corrected chi connectivity index (χ1v) is 9.16. The summed E-state index contributed by atoms with van der Waals surface area (Å²) in [7, 11) is -3.92. The Hall–Kier alpha value is -3.07. The Morgan fingerprint density at radius 1 is 1.04 bits per heavy atom. The molecule has 3 rings (SSSR count). The van der Waals surface area contributed by atoms with Crippen molar-refractivity contribution in [1.82, 2.24) is 4.72 Å². The molecule has 2 aromatic carbocycles. The minimum absolute atomic E-state index is 0.0673. The molecule has 1 aliphatic heterocycles. The van der Waals surface area contributed by atoms with Gasteiger partial charge in [-0.1, -0.05) is 12.1 Å². The van der Waals surface area contributed by atoms with E-state index in [1.165, 1.54) is 24.3 Å². The first-order chi connectivity index (χ1) is 12.3. The Balaban J connectivity index is 1.66. The molecule has 26 heavy (non-hydrogen) atoms. The van der Waals surface area contributed by atoms with E-state index in [4.69, 9.17) is 9.47 Å². The van der Waals surface area contributed by atoms with Gasteiger partial charge >= 0.3 is 0 Å². The Kier molecular flexibility index (Phi) is 4.81. The van der Waals surface area contributed by atoms with Crippen LogP contribution in [0, 0.1) is 0 Å². The molecule has 0 fully saturated rings. The van der Waals surface area contributed by atoms with Gasteiger partial charge in [0.1, 0.15) is 6.61 Å². The summed E-state index contributed by atoms with van der Waals surface area (Å²) in [6.45, 7) is 1.17. The average Bonchev–Trinajstić information content (AvgIpc) is 2.60. The third-order valence-electron chi connectivity index (χ3n) is 3.51. The molecule has 0 aromatic heterocycles. The van der Waals surface area contributed by atoms with Crippen molar-refractivity contribution in [3.63, 3.8) is 0 Å². The van der Waals surface area contributed by atoms with E-state index in [9.17, 15) is 18.0 Å². The van der Waals surface area contributed by atoms with E-state index < -0.39 is 27.9 Å². The molecule has 2 amide bonds. The van der Waals surface area contributed by atoms with Crippen LogP contribution in [0.3, 0.4) is 0 Å². The average molecular weight is 376 g/mol. The molecule has 8 nitrogen and oxygen atoms in total. The number of para-hydroxylation sites is 2. The van der Waals surface area contributed by atoms with Crippen molar-refractivity contribution < 1.29 is 27.5 Å². The predicted molar refractivity (Wildman–Crippen MR) is 92.4 cm³/mol. The van der Waals surface area contributed by atoms with Gasteiger partial charge in [-0.3, -0.25) is 9.59 Å². The molecule has 2 aromatic rings. The second-order valence-electron chi connectivity index (χ2n) is 5.54. The van der Waals surface area contributed by atoms with Gasteiger partial charge in [-0.05, 0) is 36.4 Å². The van der Waals surface area contributed by atoms with Crippen molar-refractivity contribution in [1.29, 1.82) is 0 Å². The van der Waals surface area contributed by atoms with Crippen LogP contribution in [-0.2, 0) is 19.6 Å². The number of hydrogen-bond donors (Lipinski definition) is 2. The number of benzene rings is 2. The highest BCUT2D eigenvalue weighted by molar-refractivity contribution is 7.90. The molecule has 2 N–H and O–H groups in total. The van der Waals surface area contributed by atoms with E-state index in [1.54, 1.807) is 24.3 Å². The van der Waals surface area contributed by atoms with Gasteiger partial charge < -0.3 is 14.8 Å². The second-order valence-corrected chi connectivity index (χ2v) is 7.22. The van der Waals surface area contributed by atoms with Crippen molar-refractivity contribution in [2.45, 2.75) is 17.9 Å². The summed E-state index contributed by atoms with van der Waals surface area (Å²) in [6.07, 6.45) is -0.826. The topological polar surface area (TPSA) is 111 Å². The molecule has 136 valence electrons. The van der Waals surface area contributed by atoms with E-state index in [1.807, 2.05) is 4.72 Å². The molecule has 0 bridgehead atoms. The smallest absolute Gasteiger partial charge is 0.269 e. The zero-order valence-corrected chi connectivity index (χ0v) is 14.6. The van der Waals surface area contributed by atoms with Gasteiger partial charge in [0.2, 0.25) is 12.0 Å². The van der Waals surface area contributed by atoms with Gasteiger partial charge in [-0.2, -0.15) is 0 Å². The molecule has 1 heterocycles. The van der Waals surface area contributed by atoms with Crippen molar-refractivity contribution in [2.75, 3.05) is 11.9 Å². The van der Waals surface area contributed by atoms with E-state index in [2.05, 4.69) is 5.32 Å². The van der Waals surface area contributed by atoms with Crippen LogP contribution in [-0.4, -0.2) is 32.9 Å². The molecule has 0 aliphatic carbocycles. The fraction of sp³-hybridized carbons (Fsp3) is 0.176. The lowest BCUT2D eigenvalue weighted by Gasteiger charge is -2.25. The number of fused-ring (bicyclic) bond motifs is 1. The van der Waals surface area contributed by atoms with Crippen molar-refractivity contribution >= 4 is 27.5 Å². The maximum absolute atomic E-state index is 12.3. The van der Waals surface area contributed by atoms with Gasteiger partial charge in [0, 0.05) is 12.6 Å².